The summed E-state index contributed by atoms with van der Waals surface area (Å²) in [6, 6.07) is 48.4. The van der Waals surface area contributed by atoms with E-state index in [9.17, 15) is 0 Å². The summed E-state index contributed by atoms with van der Waals surface area (Å²) in [6.45, 7) is 1.43. The van der Waals surface area contributed by atoms with Gasteiger partial charge >= 0.3 is 0 Å². The molecule has 6 heterocycles. The molecule has 2 N–H and O–H groups in total. The summed E-state index contributed by atoms with van der Waals surface area (Å²) >= 11 is 0. The van der Waals surface area contributed by atoms with Crippen LogP contribution in [0.3, 0.4) is 0 Å². The first-order valence-electron chi connectivity index (χ1n) is 19.3. The Bertz CT molecular complexity index is 2900. The van der Waals surface area contributed by atoms with Crippen LogP contribution >= 0.6 is 0 Å². The summed E-state index contributed by atoms with van der Waals surface area (Å²) in [5, 5.41) is 0. The number of hydrogen-bond acceptors (Lipinski definition) is 4. The molecule has 8 aromatic rings. The predicted octanol–water partition coefficient (Wildman–Crippen LogP) is 12.0. The SMILES string of the molecule is C1=Cc2nc1c(-c1ccccc1)c1ccc([nH]1)c(-c1ccccc1)c1nc(c(-c3cccc(OCCCn4ccnc4)c3)c3ccc([nH]3)c2-c2ccccc2)C=C1. The lowest BCUT2D eigenvalue weighted by atomic mass is 10.0. The fourth-order valence-corrected chi connectivity index (χ4v) is 7.83. The molecule has 0 spiro atoms. The van der Waals surface area contributed by atoms with E-state index in [1.807, 2.05) is 36.8 Å². The maximum atomic E-state index is 6.32. The van der Waals surface area contributed by atoms with Crippen LogP contribution in [-0.2, 0) is 6.54 Å². The number of nitrogens with zero attached hydrogens (tertiary/aromatic N) is 4. The van der Waals surface area contributed by atoms with Gasteiger partial charge < -0.3 is 19.3 Å². The van der Waals surface area contributed by atoms with Crippen LogP contribution in [0.15, 0.2) is 158 Å². The maximum Gasteiger partial charge on any atom is 0.119 e. The van der Waals surface area contributed by atoms with E-state index in [0.29, 0.717) is 6.61 Å². The molecular formula is C50H38N6O. The number of aromatic amines is 2. The van der Waals surface area contributed by atoms with Gasteiger partial charge in [-0.25, -0.2) is 15.0 Å². The van der Waals surface area contributed by atoms with Crippen LogP contribution in [0.2, 0.25) is 0 Å². The minimum Gasteiger partial charge on any atom is -0.494 e. The van der Waals surface area contributed by atoms with Crippen molar-refractivity contribution >= 4 is 46.4 Å². The summed E-state index contributed by atoms with van der Waals surface area (Å²) in [7, 11) is 0. The molecule has 4 aromatic carbocycles. The normalized spacial score (nSPS) is 11.9. The Morgan fingerprint density at radius 2 is 0.912 bits per heavy atom. The molecule has 0 radical (unpaired) electrons. The third-order valence-electron chi connectivity index (χ3n) is 10.5. The lowest BCUT2D eigenvalue weighted by Crippen LogP contribution is -2.03. The molecule has 7 nitrogen and oxygen atoms in total. The molecule has 57 heavy (non-hydrogen) atoms. The first-order valence-corrected chi connectivity index (χ1v) is 19.3. The zero-order chi connectivity index (χ0) is 38.0. The van der Waals surface area contributed by atoms with Crippen molar-refractivity contribution in [3.63, 3.8) is 0 Å². The van der Waals surface area contributed by atoms with Gasteiger partial charge in [0.15, 0.2) is 0 Å². The number of ether oxygens (including phenoxy) is 1. The van der Waals surface area contributed by atoms with Crippen molar-refractivity contribution in [1.29, 1.82) is 0 Å². The second kappa shape index (κ2) is 15.0. The largest absolute Gasteiger partial charge is 0.494 e. The summed E-state index contributed by atoms with van der Waals surface area (Å²) < 4.78 is 8.39. The summed E-state index contributed by atoms with van der Waals surface area (Å²) in [4.78, 5) is 22.6. The molecule has 8 bridgehead atoms. The van der Waals surface area contributed by atoms with Gasteiger partial charge in [-0.15, -0.1) is 0 Å². The zero-order valence-electron chi connectivity index (χ0n) is 31.1. The van der Waals surface area contributed by atoms with Crippen molar-refractivity contribution in [3.8, 4) is 50.3 Å². The second-order valence-electron chi connectivity index (χ2n) is 14.1. The first-order chi connectivity index (χ1) is 28.2. The highest BCUT2D eigenvalue weighted by atomic mass is 16.5. The summed E-state index contributed by atoms with van der Waals surface area (Å²) in [5.41, 5.74) is 15.6. The van der Waals surface area contributed by atoms with Crippen molar-refractivity contribution in [2.45, 2.75) is 13.0 Å². The van der Waals surface area contributed by atoms with E-state index in [0.717, 1.165) is 108 Å². The predicted molar refractivity (Wildman–Crippen MR) is 233 cm³/mol. The molecule has 2 aliphatic heterocycles. The Labute approximate surface area is 330 Å². The third kappa shape index (κ3) is 6.76. The Balaban J connectivity index is 1.25. The summed E-state index contributed by atoms with van der Waals surface area (Å²) in [6.07, 6.45) is 15.0. The second-order valence-corrected chi connectivity index (χ2v) is 14.1. The fourth-order valence-electron chi connectivity index (χ4n) is 7.83. The Hall–Kier alpha value is -7.51. The van der Waals surface area contributed by atoms with Crippen LogP contribution < -0.4 is 4.74 Å². The third-order valence-corrected chi connectivity index (χ3v) is 10.5. The molecule has 4 aromatic heterocycles. The molecule has 0 saturated heterocycles. The minimum absolute atomic E-state index is 0.587. The molecule has 0 unspecified atom stereocenters. The topological polar surface area (TPSA) is 84.4 Å². The molecule has 274 valence electrons. The molecule has 0 fully saturated rings. The molecule has 0 aliphatic carbocycles. The van der Waals surface area contributed by atoms with Crippen molar-refractivity contribution in [1.82, 2.24) is 29.5 Å². The zero-order valence-corrected chi connectivity index (χ0v) is 31.1. The van der Waals surface area contributed by atoms with Gasteiger partial charge in [0.25, 0.3) is 0 Å². The molecule has 0 atom stereocenters. The van der Waals surface area contributed by atoms with E-state index in [4.69, 9.17) is 14.7 Å². The Morgan fingerprint density at radius 3 is 1.35 bits per heavy atom. The van der Waals surface area contributed by atoms with Crippen LogP contribution in [0.4, 0.5) is 0 Å². The van der Waals surface area contributed by atoms with Gasteiger partial charge in [0, 0.05) is 63.3 Å². The lowest BCUT2D eigenvalue weighted by molar-refractivity contribution is 0.302. The van der Waals surface area contributed by atoms with E-state index in [1.54, 1.807) is 6.20 Å². The smallest absolute Gasteiger partial charge is 0.119 e. The van der Waals surface area contributed by atoms with Gasteiger partial charge in [-0.2, -0.15) is 0 Å². The standard InChI is InChI=1S/C50H38N6O/c1-4-12-34(13-5-1)47-39-20-22-41(52-39)48(35-14-6-2-7-15-35)43-24-26-45(54-43)50(37-18-10-19-38(32-37)57-31-11-29-56-30-28-51-33-56)46-27-25-44(55-46)49(36-16-8-3-9-17-36)42-23-21-40(47)53-42/h1-10,12-28,30,32-33,52,55H,11,29,31H2. The highest BCUT2D eigenvalue weighted by molar-refractivity contribution is 5.99. The highest BCUT2D eigenvalue weighted by Gasteiger charge is 2.19. The monoisotopic (exact) mass is 738 g/mol. The van der Waals surface area contributed by atoms with Gasteiger partial charge in [-0.05, 0) is 89.4 Å². The molecule has 7 heteroatoms. The van der Waals surface area contributed by atoms with Crippen LogP contribution in [-0.4, -0.2) is 36.1 Å². The van der Waals surface area contributed by atoms with Crippen LogP contribution in [0.5, 0.6) is 5.75 Å². The van der Waals surface area contributed by atoms with Crippen molar-refractivity contribution in [2.75, 3.05) is 6.61 Å². The van der Waals surface area contributed by atoms with Crippen LogP contribution in [0.25, 0.3) is 90.9 Å². The average molecular weight is 739 g/mol. The first kappa shape index (κ1) is 34.0. The number of rotatable bonds is 9. The molecule has 0 saturated carbocycles. The molecular weight excluding hydrogens is 701 g/mol. The van der Waals surface area contributed by atoms with Crippen molar-refractivity contribution in [2.24, 2.45) is 0 Å². The number of hydrogen-bond donors (Lipinski definition) is 2. The minimum atomic E-state index is 0.587. The number of fused-ring (bicyclic) bond motifs is 8. The van der Waals surface area contributed by atoms with Gasteiger partial charge in [0.2, 0.25) is 0 Å². The lowest BCUT2D eigenvalue weighted by Gasteiger charge is -2.10. The van der Waals surface area contributed by atoms with Gasteiger partial charge in [0.1, 0.15) is 5.75 Å². The number of aryl methyl sites for hydroxylation is 1. The average Bonchev–Trinajstić information content (AvgIpc) is 4.12. The molecule has 2 aliphatic rings. The van der Waals surface area contributed by atoms with Gasteiger partial charge in [-0.1, -0.05) is 103 Å². The van der Waals surface area contributed by atoms with E-state index < -0.39 is 0 Å². The number of imidazole rings is 1. The molecule has 0 amide bonds. The van der Waals surface area contributed by atoms with E-state index in [2.05, 4.69) is 159 Å². The number of aromatic nitrogens is 6. The fraction of sp³-hybridized carbons (Fsp3) is 0.0600. The Morgan fingerprint density at radius 1 is 0.474 bits per heavy atom. The number of benzene rings is 4. The Kier molecular flexibility index (Phi) is 8.93. The quantitative estimate of drug-likeness (QED) is 0.144. The van der Waals surface area contributed by atoms with Crippen molar-refractivity contribution < 1.29 is 4.74 Å². The number of H-pyrrole nitrogens is 2. The summed E-state index contributed by atoms with van der Waals surface area (Å²) in [5.74, 6) is 0.808. The van der Waals surface area contributed by atoms with E-state index in [-0.39, 0.29) is 0 Å². The van der Waals surface area contributed by atoms with Gasteiger partial charge in [-0.3, -0.25) is 0 Å². The highest BCUT2D eigenvalue weighted by Crippen LogP contribution is 2.38. The van der Waals surface area contributed by atoms with E-state index in [1.165, 1.54) is 0 Å². The van der Waals surface area contributed by atoms with Gasteiger partial charge in [0.05, 0.1) is 35.7 Å². The maximum absolute atomic E-state index is 6.32. The molecule has 10 rings (SSSR count). The number of nitrogens with one attached hydrogen (secondary N) is 2. The van der Waals surface area contributed by atoms with Crippen molar-refractivity contribution in [3.05, 3.63) is 181 Å². The van der Waals surface area contributed by atoms with E-state index >= 15 is 0 Å². The van der Waals surface area contributed by atoms with Crippen LogP contribution in [0.1, 0.15) is 29.2 Å². The van der Waals surface area contributed by atoms with Crippen LogP contribution in [0, 0.1) is 0 Å².